The van der Waals surface area contributed by atoms with Gasteiger partial charge in [-0.25, -0.2) is 0 Å². The van der Waals surface area contributed by atoms with Crippen molar-refractivity contribution >= 4 is 48.6 Å². The smallest absolute Gasteiger partial charge is 0.0557 e. The highest BCUT2D eigenvalue weighted by atomic mass is 32.1. The normalized spacial score (nSPS) is 12.7. The van der Waals surface area contributed by atoms with Gasteiger partial charge in [0.05, 0.1) is 5.69 Å². The summed E-state index contributed by atoms with van der Waals surface area (Å²) in [5.74, 6) is 0. The van der Waals surface area contributed by atoms with Gasteiger partial charge in [-0.2, -0.15) is 0 Å². The maximum atomic E-state index is 2.52. The molecule has 10 aromatic rings. The van der Waals surface area contributed by atoms with Crippen LogP contribution in [0.4, 0.5) is 17.1 Å². The largest absolute Gasteiger partial charge is 0.310 e. The molecule has 0 unspecified atom stereocenters. The Kier molecular flexibility index (Phi) is 8.20. The average Bonchev–Trinajstić information content (AvgIpc) is 3.81. The number of anilines is 3. The maximum Gasteiger partial charge on any atom is 0.0557 e. The second kappa shape index (κ2) is 13.9. The molecule has 0 fully saturated rings. The lowest BCUT2D eigenvalue weighted by Gasteiger charge is -2.32. The van der Waals surface area contributed by atoms with Gasteiger partial charge in [-0.15, -0.1) is 11.3 Å². The molecule has 0 radical (unpaired) electrons. The Hall–Kier alpha value is -7.00. The third kappa shape index (κ3) is 5.60. The highest BCUT2D eigenvalue weighted by Crippen LogP contribution is 2.55. The Labute approximate surface area is 343 Å². The van der Waals surface area contributed by atoms with Gasteiger partial charge in [0.15, 0.2) is 0 Å². The van der Waals surface area contributed by atoms with Crippen LogP contribution in [0.15, 0.2) is 218 Å². The van der Waals surface area contributed by atoms with E-state index in [1.54, 1.807) is 0 Å². The van der Waals surface area contributed by atoms with Crippen LogP contribution in [0, 0.1) is 0 Å². The van der Waals surface area contributed by atoms with Gasteiger partial charge in [-0.05, 0) is 117 Å². The molecular formula is C56H39NS. The Balaban J connectivity index is 1.23. The predicted octanol–water partition coefficient (Wildman–Crippen LogP) is 15.9. The standard InChI is InChI=1S/C56H39NS/c1-56(50-26-14-11-23-47(50)48-24-12-15-27-51(48)56)44-36-52(55-49-25-13-16-28-53(49)58-54(55)37-44)57(45-31-29-41(30-32-45)38-17-5-2-6-18-38)46-34-42(39-19-7-3-8-20-39)33-43(35-46)40-21-9-4-10-22-40/h2-37H,1H3. The van der Waals surface area contributed by atoms with E-state index >= 15 is 0 Å². The van der Waals surface area contributed by atoms with Crippen LogP contribution in [0.5, 0.6) is 0 Å². The summed E-state index contributed by atoms with van der Waals surface area (Å²) in [6.07, 6.45) is 0. The Morgan fingerprint density at radius 2 is 0.862 bits per heavy atom. The van der Waals surface area contributed by atoms with Crippen molar-refractivity contribution in [1.82, 2.24) is 0 Å². The molecule has 58 heavy (non-hydrogen) atoms. The lowest BCUT2D eigenvalue weighted by atomic mass is 9.74. The monoisotopic (exact) mass is 757 g/mol. The topological polar surface area (TPSA) is 3.24 Å². The molecule has 0 atom stereocenters. The van der Waals surface area contributed by atoms with Gasteiger partial charge < -0.3 is 4.90 Å². The summed E-state index contributed by atoms with van der Waals surface area (Å²) in [4.78, 5) is 2.52. The fourth-order valence-corrected chi connectivity index (χ4v) is 10.4. The number of benzene rings is 9. The van der Waals surface area contributed by atoms with Crippen LogP contribution in [0.25, 0.3) is 64.7 Å². The van der Waals surface area contributed by atoms with Gasteiger partial charge in [0.1, 0.15) is 0 Å². The molecule has 1 aromatic heterocycles. The molecule has 1 nitrogen and oxygen atoms in total. The van der Waals surface area contributed by atoms with E-state index in [9.17, 15) is 0 Å². The minimum Gasteiger partial charge on any atom is -0.310 e. The molecule has 0 N–H and O–H groups in total. The summed E-state index contributed by atoms with van der Waals surface area (Å²) in [5, 5.41) is 2.54. The first-order valence-corrected chi connectivity index (χ1v) is 20.8. The SMILES string of the molecule is CC1(c2cc(N(c3ccc(-c4ccccc4)cc3)c3cc(-c4ccccc4)cc(-c4ccccc4)c3)c3c(c2)sc2ccccc23)c2ccccc2-c2ccccc21. The van der Waals surface area contributed by atoms with Crippen molar-refractivity contribution in [2.24, 2.45) is 0 Å². The molecule has 1 aliphatic rings. The Bertz CT molecular complexity index is 3000. The summed E-state index contributed by atoms with van der Waals surface area (Å²) >= 11 is 1.89. The number of hydrogen-bond acceptors (Lipinski definition) is 2. The summed E-state index contributed by atoms with van der Waals surface area (Å²) in [5.41, 5.74) is 16.8. The Morgan fingerprint density at radius 3 is 1.45 bits per heavy atom. The van der Waals surface area contributed by atoms with Gasteiger partial charge >= 0.3 is 0 Å². The predicted molar refractivity (Wildman–Crippen MR) is 248 cm³/mol. The van der Waals surface area contributed by atoms with Gasteiger partial charge in [-0.1, -0.05) is 170 Å². The van der Waals surface area contributed by atoms with E-state index in [1.807, 2.05) is 11.3 Å². The van der Waals surface area contributed by atoms with E-state index < -0.39 is 0 Å². The van der Waals surface area contributed by atoms with Crippen molar-refractivity contribution in [3.8, 4) is 44.5 Å². The summed E-state index contributed by atoms with van der Waals surface area (Å²) in [6.45, 7) is 2.43. The third-order valence-electron chi connectivity index (χ3n) is 12.1. The highest BCUT2D eigenvalue weighted by Gasteiger charge is 2.41. The number of rotatable bonds is 7. The van der Waals surface area contributed by atoms with Gasteiger partial charge in [0, 0.05) is 37.0 Å². The molecular weight excluding hydrogens is 719 g/mol. The van der Waals surface area contributed by atoms with Crippen molar-refractivity contribution in [3.05, 3.63) is 235 Å². The summed E-state index contributed by atoms with van der Waals surface area (Å²) in [7, 11) is 0. The van der Waals surface area contributed by atoms with Gasteiger partial charge in [0.25, 0.3) is 0 Å². The van der Waals surface area contributed by atoms with Crippen LogP contribution in [-0.2, 0) is 5.41 Å². The van der Waals surface area contributed by atoms with Crippen molar-refractivity contribution < 1.29 is 0 Å². The molecule has 0 bridgehead atoms. The Morgan fingerprint density at radius 1 is 0.379 bits per heavy atom. The minimum atomic E-state index is -0.365. The molecule has 274 valence electrons. The first-order valence-electron chi connectivity index (χ1n) is 20.0. The van der Waals surface area contributed by atoms with Crippen LogP contribution in [0.1, 0.15) is 23.6 Å². The number of nitrogens with zero attached hydrogens (tertiary/aromatic N) is 1. The minimum absolute atomic E-state index is 0.365. The average molecular weight is 758 g/mol. The molecule has 0 aliphatic heterocycles. The van der Waals surface area contributed by atoms with E-state index in [4.69, 9.17) is 0 Å². The van der Waals surface area contributed by atoms with Crippen molar-refractivity contribution in [2.45, 2.75) is 12.3 Å². The fraction of sp³-hybridized carbons (Fsp3) is 0.0357. The number of thiophene rings is 1. The zero-order valence-corrected chi connectivity index (χ0v) is 33.0. The molecule has 1 aliphatic carbocycles. The van der Waals surface area contributed by atoms with E-state index in [-0.39, 0.29) is 5.41 Å². The van der Waals surface area contributed by atoms with E-state index in [0.717, 1.165) is 11.4 Å². The van der Waals surface area contributed by atoms with Crippen LogP contribution in [0.3, 0.4) is 0 Å². The van der Waals surface area contributed by atoms with E-state index in [0.29, 0.717) is 0 Å². The quantitative estimate of drug-likeness (QED) is 0.156. The maximum absolute atomic E-state index is 2.52. The lowest BCUT2D eigenvalue weighted by molar-refractivity contribution is 0.715. The van der Waals surface area contributed by atoms with Crippen LogP contribution in [0.2, 0.25) is 0 Å². The molecule has 11 rings (SSSR count). The molecule has 9 aromatic carbocycles. The fourth-order valence-electron chi connectivity index (χ4n) is 9.26. The molecule has 0 saturated carbocycles. The van der Waals surface area contributed by atoms with Crippen molar-refractivity contribution in [1.29, 1.82) is 0 Å². The molecule has 0 spiro atoms. The van der Waals surface area contributed by atoms with Gasteiger partial charge in [0.2, 0.25) is 0 Å². The molecule has 1 heterocycles. The van der Waals surface area contributed by atoms with Crippen molar-refractivity contribution in [2.75, 3.05) is 4.90 Å². The summed E-state index contributed by atoms with van der Waals surface area (Å²) < 4.78 is 2.57. The number of hydrogen-bond donors (Lipinski definition) is 0. The highest BCUT2D eigenvalue weighted by molar-refractivity contribution is 7.26. The van der Waals surface area contributed by atoms with Crippen molar-refractivity contribution in [3.63, 3.8) is 0 Å². The summed E-state index contributed by atoms with van der Waals surface area (Å²) in [6, 6.07) is 80.4. The second-order valence-electron chi connectivity index (χ2n) is 15.4. The lowest BCUT2D eigenvalue weighted by Crippen LogP contribution is -2.23. The first kappa shape index (κ1) is 34.3. The van der Waals surface area contributed by atoms with Crippen LogP contribution >= 0.6 is 11.3 Å². The van der Waals surface area contributed by atoms with Crippen LogP contribution < -0.4 is 4.90 Å². The van der Waals surface area contributed by atoms with E-state index in [1.165, 1.54) is 87.1 Å². The molecule has 2 heteroatoms. The first-order chi connectivity index (χ1) is 28.6. The third-order valence-corrected chi connectivity index (χ3v) is 13.2. The number of fused-ring (bicyclic) bond motifs is 6. The zero-order chi connectivity index (χ0) is 38.6. The molecule has 0 saturated heterocycles. The van der Waals surface area contributed by atoms with Crippen LogP contribution in [-0.4, -0.2) is 0 Å². The second-order valence-corrected chi connectivity index (χ2v) is 16.5. The van der Waals surface area contributed by atoms with Gasteiger partial charge in [-0.3, -0.25) is 0 Å². The zero-order valence-electron chi connectivity index (χ0n) is 32.1. The van der Waals surface area contributed by atoms with E-state index in [2.05, 4.69) is 230 Å². The molecule has 0 amide bonds.